The molecular formula is C11H12F5NO. The first-order valence-electron chi connectivity index (χ1n) is 5.11. The van der Waals surface area contributed by atoms with Crippen LogP contribution in [0.1, 0.15) is 11.6 Å². The number of halogens is 5. The van der Waals surface area contributed by atoms with E-state index in [2.05, 4.69) is 10.1 Å². The van der Waals surface area contributed by atoms with Gasteiger partial charge in [-0.25, -0.2) is 8.78 Å². The van der Waals surface area contributed by atoms with E-state index >= 15 is 0 Å². The summed E-state index contributed by atoms with van der Waals surface area (Å²) < 4.78 is 66.8. The van der Waals surface area contributed by atoms with Gasteiger partial charge in [0.15, 0.2) is 0 Å². The van der Waals surface area contributed by atoms with Gasteiger partial charge in [0.25, 0.3) is 0 Å². The standard InChI is InChI=1S/C11H12F5NO/c1-17-9(5-18-6-11(14,15)16)10-7(12)3-2-4-8(10)13/h2-4,9,17H,5-6H2,1H3. The molecule has 0 bridgehead atoms. The molecule has 0 aliphatic carbocycles. The van der Waals surface area contributed by atoms with Crippen LogP contribution in [0.5, 0.6) is 0 Å². The average Bonchev–Trinajstić information content (AvgIpc) is 2.25. The fourth-order valence-corrected chi connectivity index (χ4v) is 1.45. The van der Waals surface area contributed by atoms with Gasteiger partial charge in [-0.15, -0.1) is 0 Å². The number of benzene rings is 1. The van der Waals surface area contributed by atoms with Crippen LogP contribution in [0.15, 0.2) is 18.2 Å². The molecule has 0 aliphatic heterocycles. The second-order valence-corrected chi connectivity index (χ2v) is 3.61. The Morgan fingerprint density at radius 2 is 1.78 bits per heavy atom. The third-order valence-electron chi connectivity index (χ3n) is 2.25. The van der Waals surface area contributed by atoms with Gasteiger partial charge in [-0.1, -0.05) is 6.07 Å². The summed E-state index contributed by atoms with van der Waals surface area (Å²) in [5.74, 6) is -1.66. The summed E-state index contributed by atoms with van der Waals surface area (Å²) >= 11 is 0. The van der Waals surface area contributed by atoms with Gasteiger partial charge in [-0.2, -0.15) is 13.2 Å². The molecule has 1 atom stereocenters. The quantitative estimate of drug-likeness (QED) is 0.830. The van der Waals surface area contributed by atoms with Gasteiger partial charge in [0.2, 0.25) is 0 Å². The van der Waals surface area contributed by atoms with E-state index in [0.29, 0.717) is 0 Å². The van der Waals surface area contributed by atoms with Gasteiger partial charge < -0.3 is 10.1 Å². The van der Waals surface area contributed by atoms with Crippen LogP contribution in [0.4, 0.5) is 22.0 Å². The van der Waals surface area contributed by atoms with E-state index in [1.807, 2.05) is 0 Å². The molecule has 0 saturated heterocycles. The highest BCUT2D eigenvalue weighted by Crippen LogP contribution is 2.22. The summed E-state index contributed by atoms with van der Waals surface area (Å²) in [7, 11) is 1.38. The lowest BCUT2D eigenvalue weighted by molar-refractivity contribution is -0.175. The second-order valence-electron chi connectivity index (χ2n) is 3.61. The molecule has 0 aromatic heterocycles. The summed E-state index contributed by atoms with van der Waals surface area (Å²) in [6.07, 6.45) is -4.47. The normalized spacial score (nSPS) is 13.7. The van der Waals surface area contributed by atoms with Gasteiger partial charge in [0, 0.05) is 5.56 Å². The Kier molecular flexibility index (Phi) is 5.03. The summed E-state index contributed by atoms with van der Waals surface area (Å²) in [6.45, 7) is -1.94. The fourth-order valence-electron chi connectivity index (χ4n) is 1.45. The van der Waals surface area contributed by atoms with Crippen molar-refractivity contribution in [3.8, 4) is 0 Å². The molecule has 1 aromatic carbocycles. The molecule has 1 unspecified atom stereocenters. The van der Waals surface area contributed by atoms with Crippen molar-refractivity contribution in [2.24, 2.45) is 0 Å². The molecule has 7 heteroatoms. The van der Waals surface area contributed by atoms with E-state index in [-0.39, 0.29) is 5.56 Å². The third-order valence-corrected chi connectivity index (χ3v) is 2.25. The molecule has 0 fully saturated rings. The number of rotatable bonds is 5. The van der Waals surface area contributed by atoms with Crippen molar-refractivity contribution in [1.82, 2.24) is 5.32 Å². The van der Waals surface area contributed by atoms with Crippen LogP contribution >= 0.6 is 0 Å². The number of ether oxygens (including phenoxy) is 1. The van der Waals surface area contributed by atoms with E-state index in [4.69, 9.17) is 0 Å². The first-order valence-corrected chi connectivity index (χ1v) is 5.11. The summed E-state index contributed by atoms with van der Waals surface area (Å²) in [4.78, 5) is 0. The highest BCUT2D eigenvalue weighted by atomic mass is 19.4. The number of alkyl halides is 3. The maximum Gasteiger partial charge on any atom is 0.411 e. The molecule has 0 radical (unpaired) electrons. The summed E-state index contributed by atoms with van der Waals surface area (Å²) in [5, 5.41) is 2.51. The van der Waals surface area contributed by atoms with Gasteiger partial charge in [-0.05, 0) is 19.2 Å². The molecule has 102 valence electrons. The summed E-state index contributed by atoms with van der Waals surface area (Å²) in [6, 6.07) is 2.27. The minimum Gasteiger partial charge on any atom is -0.370 e. The van der Waals surface area contributed by atoms with Gasteiger partial charge in [-0.3, -0.25) is 0 Å². The van der Waals surface area contributed by atoms with Crippen molar-refractivity contribution in [1.29, 1.82) is 0 Å². The van der Waals surface area contributed by atoms with Crippen LogP contribution < -0.4 is 5.32 Å². The highest BCUT2D eigenvalue weighted by molar-refractivity contribution is 5.23. The largest absolute Gasteiger partial charge is 0.411 e. The minimum absolute atomic E-state index is 0.331. The Bertz CT molecular complexity index is 373. The topological polar surface area (TPSA) is 21.3 Å². The third kappa shape index (κ3) is 4.23. The van der Waals surface area contributed by atoms with Gasteiger partial charge >= 0.3 is 6.18 Å². The number of likely N-dealkylation sites (N-methyl/N-ethyl adjacent to an activating group) is 1. The first kappa shape index (κ1) is 14.8. The fraction of sp³-hybridized carbons (Fsp3) is 0.455. The van der Waals surface area contributed by atoms with Crippen LogP contribution in [0, 0.1) is 11.6 Å². The molecule has 0 aliphatic rings. The van der Waals surface area contributed by atoms with Crippen molar-refractivity contribution in [2.75, 3.05) is 20.3 Å². The first-order chi connectivity index (χ1) is 8.35. The van der Waals surface area contributed by atoms with Crippen LogP contribution in [0.3, 0.4) is 0 Å². The Hall–Kier alpha value is -1.21. The lowest BCUT2D eigenvalue weighted by atomic mass is 10.1. The Morgan fingerprint density at radius 1 is 1.22 bits per heavy atom. The molecular weight excluding hydrogens is 257 g/mol. The number of hydrogen-bond acceptors (Lipinski definition) is 2. The van der Waals surface area contributed by atoms with Gasteiger partial charge in [0.05, 0.1) is 12.6 Å². The maximum atomic E-state index is 13.4. The van der Waals surface area contributed by atoms with Crippen molar-refractivity contribution >= 4 is 0 Å². The van der Waals surface area contributed by atoms with Crippen LogP contribution in [-0.2, 0) is 4.74 Å². The molecule has 0 spiro atoms. The predicted octanol–water partition coefficient (Wildman–Crippen LogP) is 2.80. The molecule has 1 rings (SSSR count). The second kappa shape index (κ2) is 6.10. The molecule has 0 amide bonds. The molecule has 1 aromatic rings. The molecule has 0 heterocycles. The zero-order valence-corrected chi connectivity index (χ0v) is 9.52. The zero-order valence-electron chi connectivity index (χ0n) is 9.52. The van der Waals surface area contributed by atoms with E-state index < -0.39 is 37.1 Å². The van der Waals surface area contributed by atoms with Gasteiger partial charge in [0.1, 0.15) is 18.2 Å². The number of hydrogen-bond donors (Lipinski definition) is 1. The van der Waals surface area contributed by atoms with Crippen LogP contribution in [-0.4, -0.2) is 26.4 Å². The maximum absolute atomic E-state index is 13.4. The minimum atomic E-state index is -4.47. The highest BCUT2D eigenvalue weighted by Gasteiger charge is 2.28. The van der Waals surface area contributed by atoms with Crippen molar-refractivity contribution in [3.05, 3.63) is 35.4 Å². The predicted molar refractivity (Wildman–Crippen MR) is 55.0 cm³/mol. The lowest BCUT2D eigenvalue weighted by Gasteiger charge is -2.18. The van der Waals surface area contributed by atoms with Crippen molar-refractivity contribution < 1.29 is 26.7 Å². The van der Waals surface area contributed by atoms with E-state index in [1.54, 1.807) is 0 Å². The number of nitrogens with one attached hydrogen (secondary N) is 1. The lowest BCUT2D eigenvalue weighted by Crippen LogP contribution is -2.27. The Balaban J connectivity index is 2.72. The van der Waals surface area contributed by atoms with E-state index in [0.717, 1.165) is 12.1 Å². The SMILES string of the molecule is CNC(COCC(F)(F)F)c1c(F)cccc1F. The van der Waals surface area contributed by atoms with E-state index in [9.17, 15) is 22.0 Å². The van der Waals surface area contributed by atoms with Crippen molar-refractivity contribution in [3.63, 3.8) is 0 Å². The Labute approximate surface area is 101 Å². The monoisotopic (exact) mass is 269 g/mol. The van der Waals surface area contributed by atoms with Crippen LogP contribution in [0.25, 0.3) is 0 Å². The zero-order chi connectivity index (χ0) is 13.8. The Morgan fingerprint density at radius 3 is 2.22 bits per heavy atom. The molecule has 0 saturated carbocycles. The molecule has 2 nitrogen and oxygen atoms in total. The summed E-state index contributed by atoms with van der Waals surface area (Å²) in [5.41, 5.74) is -0.331. The molecule has 1 N–H and O–H groups in total. The van der Waals surface area contributed by atoms with Crippen LogP contribution in [0.2, 0.25) is 0 Å². The molecule has 18 heavy (non-hydrogen) atoms. The average molecular weight is 269 g/mol. The van der Waals surface area contributed by atoms with E-state index in [1.165, 1.54) is 13.1 Å². The smallest absolute Gasteiger partial charge is 0.370 e. The van der Waals surface area contributed by atoms with Crippen molar-refractivity contribution in [2.45, 2.75) is 12.2 Å².